The summed E-state index contributed by atoms with van der Waals surface area (Å²) < 4.78 is 39.5. The van der Waals surface area contributed by atoms with Crippen LogP contribution in [0.25, 0.3) is 33.2 Å². The van der Waals surface area contributed by atoms with Crippen molar-refractivity contribution in [2.24, 2.45) is 0 Å². The van der Waals surface area contributed by atoms with Gasteiger partial charge in [-0.15, -0.1) is 0 Å². The average molecular weight is 483 g/mol. The summed E-state index contributed by atoms with van der Waals surface area (Å²) >= 11 is 5.99. The van der Waals surface area contributed by atoms with Crippen LogP contribution in [0.15, 0.2) is 89.8 Å². The van der Waals surface area contributed by atoms with Gasteiger partial charge >= 0.3 is 5.51 Å². The minimum atomic E-state index is -4.40. The van der Waals surface area contributed by atoms with Crippen molar-refractivity contribution in [2.75, 3.05) is 0 Å². The lowest BCUT2D eigenvalue weighted by molar-refractivity contribution is -0.0328. The van der Waals surface area contributed by atoms with E-state index in [9.17, 15) is 18.0 Å². The van der Waals surface area contributed by atoms with Gasteiger partial charge in [-0.3, -0.25) is 9.36 Å². The molecule has 0 amide bonds. The number of aromatic nitrogens is 2. The fourth-order valence-electron chi connectivity index (χ4n) is 3.78. The molecule has 3 nitrogen and oxygen atoms in total. The van der Waals surface area contributed by atoms with Crippen molar-refractivity contribution >= 4 is 51.1 Å². The maximum absolute atomic E-state index is 13.6. The van der Waals surface area contributed by atoms with Crippen molar-refractivity contribution in [3.8, 4) is 11.4 Å². The number of hydrogen-bond donors (Lipinski definition) is 0. The van der Waals surface area contributed by atoms with Gasteiger partial charge in [-0.25, -0.2) is 4.98 Å². The van der Waals surface area contributed by atoms with Gasteiger partial charge in [-0.2, -0.15) is 13.2 Å². The molecule has 0 aliphatic rings. The first-order chi connectivity index (χ1) is 15.8. The zero-order valence-electron chi connectivity index (χ0n) is 16.8. The van der Waals surface area contributed by atoms with Gasteiger partial charge in [0.2, 0.25) is 0 Å². The van der Waals surface area contributed by atoms with E-state index in [1.165, 1.54) is 28.8 Å². The number of fused-ring (bicyclic) bond motifs is 2. The highest BCUT2D eigenvalue weighted by Crippen LogP contribution is 2.37. The lowest BCUT2D eigenvalue weighted by Crippen LogP contribution is -2.13. The lowest BCUT2D eigenvalue weighted by atomic mass is 10.0. The topological polar surface area (TPSA) is 34.9 Å². The van der Waals surface area contributed by atoms with Gasteiger partial charge < -0.3 is 0 Å². The number of carbonyl (C=O) groups is 1. The molecule has 0 aliphatic carbocycles. The minimum Gasteiger partial charge on any atom is -0.268 e. The second-order valence-corrected chi connectivity index (χ2v) is 8.88. The second-order valence-electron chi connectivity index (χ2n) is 7.31. The minimum absolute atomic E-state index is 0.00635. The van der Waals surface area contributed by atoms with E-state index in [0.717, 1.165) is 16.3 Å². The first-order valence-electron chi connectivity index (χ1n) is 9.87. The second kappa shape index (κ2) is 8.24. The van der Waals surface area contributed by atoms with Crippen molar-refractivity contribution in [3.05, 3.63) is 95.5 Å². The molecular weight excluding hydrogens is 469 g/mol. The molecule has 1 aromatic heterocycles. The Morgan fingerprint density at radius 3 is 2.39 bits per heavy atom. The van der Waals surface area contributed by atoms with E-state index in [1.54, 1.807) is 18.2 Å². The highest BCUT2D eigenvalue weighted by Gasteiger charge is 2.29. The summed E-state index contributed by atoms with van der Waals surface area (Å²) in [5.74, 6) is 0.0223. The largest absolute Gasteiger partial charge is 0.446 e. The molecule has 0 fully saturated rings. The molecule has 0 atom stereocenters. The van der Waals surface area contributed by atoms with Crippen molar-refractivity contribution in [2.45, 2.75) is 10.4 Å². The first kappa shape index (κ1) is 21.6. The van der Waals surface area contributed by atoms with Crippen LogP contribution in [0.1, 0.15) is 10.4 Å². The zero-order valence-corrected chi connectivity index (χ0v) is 18.4. The predicted molar refractivity (Wildman–Crippen MR) is 126 cm³/mol. The monoisotopic (exact) mass is 482 g/mol. The van der Waals surface area contributed by atoms with Crippen LogP contribution < -0.4 is 0 Å². The fraction of sp³-hybridized carbons (Fsp3) is 0.0400. The number of imidazole rings is 1. The number of hydrogen-bond acceptors (Lipinski definition) is 3. The Bertz CT molecular complexity index is 1510. The van der Waals surface area contributed by atoms with Gasteiger partial charge in [-0.1, -0.05) is 54.1 Å². The molecule has 8 heteroatoms. The maximum Gasteiger partial charge on any atom is 0.446 e. The van der Waals surface area contributed by atoms with E-state index in [-0.39, 0.29) is 22.2 Å². The van der Waals surface area contributed by atoms with Crippen LogP contribution in [-0.4, -0.2) is 21.0 Å². The SMILES string of the molecule is O=C(c1ccc(SC(F)(F)F)cc1)n1c(-c2cccc3ccccc23)nc2ccc(Cl)cc21. The Morgan fingerprint density at radius 2 is 1.64 bits per heavy atom. The molecule has 0 radical (unpaired) electrons. The molecule has 164 valence electrons. The van der Waals surface area contributed by atoms with E-state index < -0.39 is 11.4 Å². The van der Waals surface area contributed by atoms with E-state index in [4.69, 9.17) is 16.6 Å². The maximum atomic E-state index is 13.6. The Kier molecular flexibility index (Phi) is 5.38. The molecular formula is C25H14ClF3N2OS. The van der Waals surface area contributed by atoms with Crippen LogP contribution in [-0.2, 0) is 0 Å². The molecule has 1 heterocycles. The molecule has 0 saturated carbocycles. The van der Waals surface area contributed by atoms with Crippen molar-refractivity contribution < 1.29 is 18.0 Å². The van der Waals surface area contributed by atoms with Crippen molar-refractivity contribution in [3.63, 3.8) is 0 Å². The van der Waals surface area contributed by atoms with Crippen LogP contribution in [0.2, 0.25) is 5.02 Å². The predicted octanol–water partition coefficient (Wildman–Crippen LogP) is 7.81. The standard InChI is InChI=1S/C25H14ClF3N2OS/c26-17-10-13-21-22(14-17)31(24(32)16-8-11-18(12-9-16)33-25(27,28)29)23(30-21)20-7-3-5-15-4-1-2-6-19(15)20/h1-14H. The molecule has 0 aliphatic heterocycles. The molecule has 0 N–H and O–H groups in total. The number of halogens is 4. The van der Waals surface area contributed by atoms with E-state index in [1.807, 2.05) is 42.5 Å². The number of thioether (sulfide) groups is 1. The quantitative estimate of drug-likeness (QED) is 0.246. The lowest BCUT2D eigenvalue weighted by Gasteiger charge is -2.11. The summed E-state index contributed by atoms with van der Waals surface area (Å²) in [6, 6.07) is 24.0. The van der Waals surface area contributed by atoms with Crippen LogP contribution in [0.5, 0.6) is 0 Å². The first-order valence-corrected chi connectivity index (χ1v) is 11.1. The summed E-state index contributed by atoms with van der Waals surface area (Å²) in [6.07, 6.45) is 0. The number of nitrogens with zero attached hydrogens (tertiary/aromatic N) is 2. The molecule has 4 aromatic carbocycles. The van der Waals surface area contributed by atoms with Gasteiger partial charge in [0.15, 0.2) is 0 Å². The third-order valence-corrected chi connectivity index (χ3v) is 6.16. The molecule has 5 aromatic rings. The van der Waals surface area contributed by atoms with E-state index in [2.05, 4.69) is 0 Å². The Hall–Kier alpha value is -3.29. The molecule has 0 bridgehead atoms. The Morgan fingerprint density at radius 1 is 0.909 bits per heavy atom. The van der Waals surface area contributed by atoms with E-state index >= 15 is 0 Å². The summed E-state index contributed by atoms with van der Waals surface area (Å²) in [5, 5.41) is 2.36. The molecule has 0 spiro atoms. The third-order valence-electron chi connectivity index (χ3n) is 5.18. The fourth-order valence-corrected chi connectivity index (χ4v) is 4.49. The molecule has 0 saturated heterocycles. The summed E-state index contributed by atoms with van der Waals surface area (Å²) in [6.45, 7) is 0. The summed E-state index contributed by atoms with van der Waals surface area (Å²) in [5.41, 5.74) is -2.30. The number of alkyl halides is 3. The van der Waals surface area contributed by atoms with Gasteiger partial charge in [0, 0.05) is 21.0 Å². The van der Waals surface area contributed by atoms with Crippen LogP contribution >= 0.6 is 23.4 Å². The summed E-state index contributed by atoms with van der Waals surface area (Å²) in [4.78, 5) is 18.3. The van der Waals surface area contributed by atoms with Gasteiger partial charge in [-0.05, 0) is 65.0 Å². The number of rotatable bonds is 3. The Balaban J connectivity index is 1.69. The average Bonchev–Trinajstić information content (AvgIpc) is 3.16. The van der Waals surface area contributed by atoms with Crippen molar-refractivity contribution in [1.82, 2.24) is 9.55 Å². The van der Waals surface area contributed by atoms with Crippen molar-refractivity contribution in [1.29, 1.82) is 0 Å². The molecule has 5 rings (SSSR count). The van der Waals surface area contributed by atoms with Crippen LogP contribution in [0.4, 0.5) is 13.2 Å². The van der Waals surface area contributed by atoms with E-state index in [0.29, 0.717) is 21.9 Å². The van der Waals surface area contributed by atoms with Crippen LogP contribution in [0.3, 0.4) is 0 Å². The highest BCUT2D eigenvalue weighted by atomic mass is 35.5. The molecule has 0 unspecified atom stereocenters. The summed E-state index contributed by atoms with van der Waals surface area (Å²) in [7, 11) is 0. The van der Waals surface area contributed by atoms with Gasteiger partial charge in [0.05, 0.1) is 11.0 Å². The van der Waals surface area contributed by atoms with Gasteiger partial charge in [0.1, 0.15) is 5.82 Å². The normalized spacial score (nSPS) is 11.9. The third kappa shape index (κ3) is 4.21. The van der Waals surface area contributed by atoms with Gasteiger partial charge in [0.25, 0.3) is 5.91 Å². The smallest absolute Gasteiger partial charge is 0.268 e. The number of carbonyl (C=O) groups excluding carboxylic acids is 1. The number of benzene rings is 4. The zero-order chi connectivity index (χ0) is 23.2. The highest BCUT2D eigenvalue weighted by molar-refractivity contribution is 8.00. The Labute approximate surface area is 195 Å². The van der Waals surface area contributed by atoms with Crippen LogP contribution in [0, 0.1) is 0 Å². The molecule has 33 heavy (non-hydrogen) atoms.